The molecule has 0 bridgehead atoms. The van der Waals surface area contributed by atoms with Gasteiger partial charge in [-0.3, -0.25) is 4.68 Å². The number of carbonyl (C=O) groups is 1. The summed E-state index contributed by atoms with van der Waals surface area (Å²) in [6, 6.07) is 7.37. The normalized spacial score (nSPS) is 10.5. The largest absolute Gasteiger partial charge is 0.476 e. The average molecular weight is 316 g/mol. The van der Waals surface area contributed by atoms with Gasteiger partial charge in [0, 0.05) is 17.1 Å². The highest BCUT2D eigenvalue weighted by Crippen LogP contribution is 2.34. The van der Waals surface area contributed by atoms with Crippen LogP contribution in [0.2, 0.25) is 5.02 Å². The van der Waals surface area contributed by atoms with Crippen molar-refractivity contribution in [3.8, 4) is 11.3 Å². The molecule has 0 amide bonds. The molecule has 4 nitrogen and oxygen atoms in total. The molecule has 0 spiro atoms. The lowest BCUT2D eigenvalue weighted by Crippen LogP contribution is -2.05. The minimum Gasteiger partial charge on any atom is -0.476 e. The van der Waals surface area contributed by atoms with Crippen molar-refractivity contribution >= 4 is 33.5 Å². The molecule has 1 aromatic carbocycles. The van der Waals surface area contributed by atoms with Gasteiger partial charge in [-0.25, -0.2) is 4.79 Å². The lowest BCUT2D eigenvalue weighted by molar-refractivity contribution is 0.0685. The molecule has 0 aliphatic carbocycles. The number of hydrogen-bond donors (Lipinski definition) is 1. The Balaban J connectivity index is 2.66. The smallest absolute Gasteiger partial charge is 0.355 e. The second-order valence-corrected chi connectivity index (χ2v) is 4.65. The Morgan fingerprint density at radius 1 is 1.47 bits per heavy atom. The van der Waals surface area contributed by atoms with E-state index in [4.69, 9.17) is 16.7 Å². The number of rotatable bonds is 2. The molecule has 1 N–H and O–H groups in total. The van der Waals surface area contributed by atoms with E-state index < -0.39 is 5.97 Å². The van der Waals surface area contributed by atoms with Crippen molar-refractivity contribution in [3.63, 3.8) is 0 Å². The van der Waals surface area contributed by atoms with Gasteiger partial charge in [0.2, 0.25) is 0 Å². The molecule has 0 atom stereocenters. The molecule has 6 heteroatoms. The average Bonchev–Trinajstić information content (AvgIpc) is 2.55. The van der Waals surface area contributed by atoms with Crippen molar-refractivity contribution in [1.82, 2.24) is 9.78 Å². The molecule has 0 saturated carbocycles. The van der Waals surface area contributed by atoms with Crippen molar-refractivity contribution in [3.05, 3.63) is 39.5 Å². The molecule has 0 fully saturated rings. The first-order valence-corrected chi connectivity index (χ1v) is 5.90. The van der Waals surface area contributed by atoms with Crippen LogP contribution in [0.15, 0.2) is 28.7 Å². The molecular formula is C11H8BrClN2O2. The van der Waals surface area contributed by atoms with Crippen LogP contribution in [-0.4, -0.2) is 20.9 Å². The van der Waals surface area contributed by atoms with Crippen LogP contribution in [0.3, 0.4) is 0 Å². The van der Waals surface area contributed by atoms with Gasteiger partial charge in [-0.15, -0.1) is 0 Å². The lowest BCUT2D eigenvalue weighted by Gasteiger charge is -2.00. The zero-order valence-corrected chi connectivity index (χ0v) is 11.2. The van der Waals surface area contributed by atoms with E-state index >= 15 is 0 Å². The van der Waals surface area contributed by atoms with Gasteiger partial charge >= 0.3 is 5.97 Å². The van der Waals surface area contributed by atoms with Gasteiger partial charge < -0.3 is 5.11 Å². The number of carboxylic acid groups (broad SMARTS) is 1. The fourth-order valence-corrected chi connectivity index (χ4v) is 2.37. The second kappa shape index (κ2) is 4.50. The van der Waals surface area contributed by atoms with Crippen molar-refractivity contribution in [2.24, 2.45) is 7.05 Å². The number of benzene rings is 1. The first-order chi connectivity index (χ1) is 8.02. The van der Waals surface area contributed by atoms with Crippen LogP contribution >= 0.6 is 27.5 Å². The zero-order valence-electron chi connectivity index (χ0n) is 8.82. The Bertz CT molecular complexity index is 595. The van der Waals surface area contributed by atoms with Gasteiger partial charge in [0.05, 0.1) is 0 Å². The SMILES string of the molecule is Cn1nc(-c2ccccc2Br)c(Cl)c1C(=O)O. The zero-order chi connectivity index (χ0) is 12.6. The summed E-state index contributed by atoms with van der Waals surface area (Å²) in [4.78, 5) is 11.0. The van der Waals surface area contributed by atoms with Crippen LogP contribution in [0.25, 0.3) is 11.3 Å². The molecule has 2 aromatic rings. The topological polar surface area (TPSA) is 55.1 Å². The third-order valence-corrected chi connectivity index (χ3v) is 3.37. The first kappa shape index (κ1) is 12.1. The Kier molecular flexibility index (Phi) is 3.22. The van der Waals surface area contributed by atoms with Gasteiger partial charge in [-0.1, -0.05) is 45.7 Å². The summed E-state index contributed by atoms with van der Waals surface area (Å²) in [5, 5.41) is 13.3. The molecule has 0 aliphatic rings. The monoisotopic (exact) mass is 314 g/mol. The summed E-state index contributed by atoms with van der Waals surface area (Å²) >= 11 is 9.43. The van der Waals surface area contributed by atoms with E-state index in [1.54, 1.807) is 7.05 Å². The van der Waals surface area contributed by atoms with E-state index in [9.17, 15) is 4.79 Å². The summed E-state index contributed by atoms with van der Waals surface area (Å²) in [6.07, 6.45) is 0. The minimum absolute atomic E-state index is 0.0163. The highest BCUT2D eigenvalue weighted by molar-refractivity contribution is 9.10. The summed E-state index contributed by atoms with van der Waals surface area (Å²) in [7, 11) is 1.55. The molecule has 0 unspecified atom stereocenters. The van der Waals surface area contributed by atoms with Crippen LogP contribution in [0.1, 0.15) is 10.5 Å². The highest BCUT2D eigenvalue weighted by atomic mass is 79.9. The van der Waals surface area contributed by atoms with E-state index in [0.717, 1.165) is 10.0 Å². The van der Waals surface area contributed by atoms with Crippen molar-refractivity contribution in [2.75, 3.05) is 0 Å². The molecule has 1 aromatic heterocycles. The fourth-order valence-electron chi connectivity index (χ4n) is 1.56. The number of halogens is 2. The summed E-state index contributed by atoms with van der Waals surface area (Å²) in [5.74, 6) is -1.09. The number of carboxylic acids is 1. The second-order valence-electron chi connectivity index (χ2n) is 3.42. The number of aryl methyl sites for hydroxylation is 1. The van der Waals surface area contributed by atoms with Crippen LogP contribution in [0.4, 0.5) is 0 Å². The van der Waals surface area contributed by atoms with E-state index in [1.807, 2.05) is 24.3 Å². The van der Waals surface area contributed by atoms with E-state index in [-0.39, 0.29) is 10.7 Å². The maximum Gasteiger partial charge on any atom is 0.355 e. The van der Waals surface area contributed by atoms with E-state index in [2.05, 4.69) is 21.0 Å². The Morgan fingerprint density at radius 2 is 2.12 bits per heavy atom. The number of aromatic nitrogens is 2. The fraction of sp³-hybridized carbons (Fsp3) is 0.0909. The van der Waals surface area contributed by atoms with Crippen molar-refractivity contribution < 1.29 is 9.90 Å². The molecular weight excluding hydrogens is 307 g/mol. The van der Waals surface area contributed by atoms with Crippen molar-refractivity contribution in [1.29, 1.82) is 0 Å². The van der Waals surface area contributed by atoms with Gasteiger partial charge in [0.1, 0.15) is 10.7 Å². The van der Waals surface area contributed by atoms with E-state index in [1.165, 1.54) is 4.68 Å². The summed E-state index contributed by atoms with van der Waals surface area (Å²) < 4.78 is 2.08. The third kappa shape index (κ3) is 2.08. The highest BCUT2D eigenvalue weighted by Gasteiger charge is 2.21. The Labute approximate surface area is 111 Å². The Hall–Kier alpha value is -1.33. The number of aromatic carboxylic acids is 1. The van der Waals surface area contributed by atoms with Crippen LogP contribution in [0, 0.1) is 0 Å². The van der Waals surface area contributed by atoms with Gasteiger partial charge in [-0.2, -0.15) is 5.10 Å². The predicted octanol–water partition coefficient (Wildman–Crippen LogP) is 3.20. The van der Waals surface area contributed by atoms with E-state index in [0.29, 0.717) is 5.69 Å². The minimum atomic E-state index is -1.09. The standard InChI is InChI=1S/C11H8BrClN2O2/c1-15-10(11(16)17)8(13)9(14-15)6-4-2-3-5-7(6)12/h2-5H,1H3,(H,16,17). The quantitative estimate of drug-likeness (QED) is 0.926. The maximum atomic E-state index is 11.0. The molecule has 17 heavy (non-hydrogen) atoms. The van der Waals surface area contributed by atoms with Crippen LogP contribution in [0.5, 0.6) is 0 Å². The van der Waals surface area contributed by atoms with Gasteiger partial charge in [0.15, 0.2) is 5.69 Å². The third-order valence-electron chi connectivity index (χ3n) is 2.32. The molecule has 88 valence electrons. The molecule has 1 heterocycles. The predicted molar refractivity (Wildman–Crippen MR) is 68.3 cm³/mol. The van der Waals surface area contributed by atoms with Crippen LogP contribution < -0.4 is 0 Å². The Morgan fingerprint density at radius 3 is 2.65 bits per heavy atom. The molecule has 0 saturated heterocycles. The lowest BCUT2D eigenvalue weighted by atomic mass is 10.1. The maximum absolute atomic E-state index is 11.0. The van der Waals surface area contributed by atoms with Crippen LogP contribution in [-0.2, 0) is 7.05 Å². The first-order valence-electron chi connectivity index (χ1n) is 4.73. The van der Waals surface area contributed by atoms with Crippen molar-refractivity contribution in [2.45, 2.75) is 0 Å². The molecule has 0 radical (unpaired) electrons. The molecule has 2 rings (SSSR count). The number of hydrogen-bond acceptors (Lipinski definition) is 2. The summed E-state index contributed by atoms with van der Waals surface area (Å²) in [5.41, 5.74) is 1.21. The summed E-state index contributed by atoms with van der Waals surface area (Å²) in [6.45, 7) is 0. The van der Waals surface area contributed by atoms with Gasteiger partial charge in [0.25, 0.3) is 0 Å². The number of nitrogens with zero attached hydrogens (tertiary/aromatic N) is 2. The molecule has 0 aliphatic heterocycles. The van der Waals surface area contributed by atoms with Gasteiger partial charge in [-0.05, 0) is 6.07 Å².